The monoisotopic (exact) mass is 312 g/mol. The predicted molar refractivity (Wildman–Crippen MR) is 87.6 cm³/mol. The summed E-state index contributed by atoms with van der Waals surface area (Å²) in [5, 5.41) is 0. The number of nitrogens with one attached hydrogen (secondary N) is 1. The maximum Gasteiger partial charge on any atom is 0.240 e. The van der Waals surface area contributed by atoms with Crippen molar-refractivity contribution in [3.05, 3.63) is 29.3 Å². The molecule has 21 heavy (non-hydrogen) atoms. The molecule has 0 radical (unpaired) electrons. The van der Waals surface area contributed by atoms with Crippen molar-refractivity contribution < 1.29 is 8.42 Å². The van der Waals surface area contributed by atoms with Crippen LogP contribution in [0.4, 0.5) is 0 Å². The lowest BCUT2D eigenvalue weighted by atomic mass is 9.96. The zero-order valence-electron chi connectivity index (χ0n) is 13.5. The van der Waals surface area contributed by atoms with Crippen molar-refractivity contribution in [1.82, 2.24) is 4.72 Å². The standard InChI is InChI=1S/C16H28N2O2S/c1-5-13(6-2)12(4)18-21(19,20)16-9-8-14(7-3)15(10-16)11-17/h8-10,12-13,18H,5-7,11,17H2,1-4H3. The molecule has 0 saturated carbocycles. The van der Waals surface area contributed by atoms with Crippen LogP contribution in [0, 0.1) is 5.92 Å². The molecule has 0 aliphatic heterocycles. The van der Waals surface area contributed by atoms with Gasteiger partial charge in [-0.2, -0.15) is 0 Å². The third-order valence-corrected chi connectivity index (χ3v) is 5.74. The van der Waals surface area contributed by atoms with Crippen molar-refractivity contribution in [2.24, 2.45) is 11.7 Å². The highest BCUT2D eigenvalue weighted by Gasteiger charge is 2.22. The van der Waals surface area contributed by atoms with Crippen molar-refractivity contribution in [2.75, 3.05) is 0 Å². The Balaban J connectivity index is 3.03. The molecule has 1 aromatic carbocycles. The number of sulfonamides is 1. The zero-order valence-corrected chi connectivity index (χ0v) is 14.3. The van der Waals surface area contributed by atoms with Gasteiger partial charge in [0.15, 0.2) is 0 Å². The molecule has 5 heteroatoms. The summed E-state index contributed by atoms with van der Waals surface area (Å²) in [4.78, 5) is 0.304. The van der Waals surface area contributed by atoms with Gasteiger partial charge >= 0.3 is 0 Å². The van der Waals surface area contributed by atoms with Crippen molar-refractivity contribution in [3.63, 3.8) is 0 Å². The minimum absolute atomic E-state index is 0.0721. The average molecular weight is 312 g/mol. The van der Waals surface area contributed by atoms with Crippen molar-refractivity contribution in [2.45, 2.75) is 64.4 Å². The van der Waals surface area contributed by atoms with Gasteiger partial charge in [0.2, 0.25) is 10.0 Å². The van der Waals surface area contributed by atoms with Crippen molar-refractivity contribution in [3.8, 4) is 0 Å². The molecule has 0 spiro atoms. The second-order valence-corrected chi connectivity index (χ2v) is 7.19. The summed E-state index contributed by atoms with van der Waals surface area (Å²) < 4.78 is 27.8. The minimum Gasteiger partial charge on any atom is -0.326 e. The summed E-state index contributed by atoms with van der Waals surface area (Å²) in [7, 11) is -3.49. The minimum atomic E-state index is -3.49. The van der Waals surface area contributed by atoms with Gasteiger partial charge in [0.25, 0.3) is 0 Å². The fraction of sp³-hybridized carbons (Fsp3) is 0.625. The van der Waals surface area contributed by atoms with E-state index < -0.39 is 10.0 Å². The summed E-state index contributed by atoms with van der Waals surface area (Å²) in [6, 6.07) is 5.15. The smallest absolute Gasteiger partial charge is 0.240 e. The second kappa shape index (κ2) is 7.92. The predicted octanol–water partition coefficient (Wildman–Crippen LogP) is 2.81. The van der Waals surface area contributed by atoms with E-state index in [-0.39, 0.29) is 6.04 Å². The quantitative estimate of drug-likeness (QED) is 0.775. The van der Waals surface area contributed by atoms with Crippen LogP contribution in [0.5, 0.6) is 0 Å². The molecule has 3 N–H and O–H groups in total. The van der Waals surface area contributed by atoms with Gasteiger partial charge in [0.05, 0.1) is 4.90 Å². The Hall–Kier alpha value is -0.910. The van der Waals surface area contributed by atoms with Gasteiger partial charge in [-0.15, -0.1) is 0 Å². The summed E-state index contributed by atoms with van der Waals surface area (Å²) in [5.74, 6) is 0.351. The van der Waals surface area contributed by atoms with E-state index in [1.165, 1.54) is 0 Å². The van der Waals surface area contributed by atoms with Gasteiger partial charge in [-0.05, 0) is 42.5 Å². The van der Waals surface area contributed by atoms with Crippen molar-refractivity contribution >= 4 is 10.0 Å². The third-order valence-electron chi connectivity index (χ3n) is 4.19. The molecule has 0 aliphatic carbocycles. The molecule has 0 aromatic heterocycles. The first kappa shape index (κ1) is 18.1. The van der Waals surface area contributed by atoms with Gasteiger partial charge < -0.3 is 5.73 Å². The van der Waals surface area contributed by atoms with Crippen LogP contribution in [-0.4, -0.2) is 14.5 Å². The lowest BCUT2D eigenvalue weighted by molar-refractivity contribution is 0.390. The lowest BCUT2D eigenvalue weighted by Gasteiger charge is -2.22. The Morgan fingerprint density at radius 3 is 2.24 bits per heavy atom. The summed E-state index contributed by atoms with van der Waals surface area (Å²) in [6.07, 6.45) is 2.77. The molecule has 4 nitrogen and oxygen atoms in total. The lowest BCUT2D eigenvalue weighted by Crippen LogP contribution is -2.37. The van der Waals surface area contributed by atoms with Gasteiger partial charge in [0.1, 0.15) is 0 Å². The fourth-order valence-corrected chi connectivity index (χ4v) is 4.07. The van der Waals surface area contributed by atoms with Crippen LogP contribution in [0.3, 0.4) is 0 Å². The summed E-state index contributed by atoms with van der Waals surface area (Å²) >= 11 is 0. The fourth-order valence-electron chi connectivity index (χ4n) is 2.71. The van der Waals surface area contributed by atoms with E-state index in [2.05, 4.69) is 18.6 Å². The maximum absolute atomic E-state index is 12.5. The van der Waals surface area contributed by atoms with Gasteiger partial charge in [0, 0.05) is 12.6 Å². The van der Waals surface area contributed by atoms with Gasteiger partial charge in [-0.1, -0.05) is 39.7 Å². The summed E-state index contributed by atoms with van der Waals surface area (Å²) in [6.45, 7) is 8.49. The Morgan fingerprint density at radius 2 is 1.76 bits per heavy atom. The molecule has 0 bridgehead atoms. The van der Waals surface area contributed by atoms with E-state index in [1.54, 1.807) is 12.1 Å². The highest BCUT2D eigenvalue weighted by atomic mass is 32.2. The van der Waals surface area contributed by atoms with E-state index in [4.69, 9.17) is 5.73 Å². The van der Waals surface area contributed by atoms with Crippen molar-refractivity contribution in [1.29, 1.82) is 0 Å². The van der Waals surface area contributed by atoms with E-state index in [0.717, 1.165) is 30.4 Å². The van der Waals surface area contributed by atoms with Crippen LogP contribution in [0.15, 0.2) is 23.1 Å². The Kier molecular flexibility index (Phi) is 6.84. The van der Waals surface area contributed by atoms with E-state index in [1.807, 2.05) is 19.9 Å². The molecule has 0 heterocycles. The first-order valence-electron chi connectivity index (χ1n) is 7.73. The largest absolute Gasteiger partial charge is 0.326 e. The third kappa shape index (κ3) is 4.53. The van der Waals surface area contributed by atoms with Crippen LogP contribution < -0.4 is 10.5 Å². The van der Waals surface area contributed by atoms with Gasteiger partial charge in [-0.3, -0.25) is 0 Å². The van der Waals surface area contributed by atoms with E-state index >= 15 is 0 Å². The number of aryl methyl sites for hydroxylation is 1. The number of hydrogen-bond acceptors (Lipinski definition) is 3. The number of nitrogens with two attached hydrogens (primary N) is 1. The maximum atomic E-state index is 12.5. The first-order valence-corrected chi connectivity index (χ1v) is 9.22. The molecular weight excluding hydrogens is 284 g/mol. The number of hydrogen-bond donors (Lipinski definition) is 2. The number of benzene rings is 1. The molecule has 1 unspecified atom stereocenters. The van der Waals surface area contributed by atoms with Crippen LogP contribution in [0.1, 0.15) is 51.7 Å². The molecule has 120 valence electrons. The normalized spacial score (nSPS) is 13.6. The molecule has 0 aliphatic rings. The Labute approximate surface area is 129 Å². The highest BCUT2D eigenvalue weighted by molar-refractivity contribution is 7.89. The molecule has 0 saturated heterocycles. The average Bonchev–Trinajstić information content (AvgIpc) is 2.47. The summed E-state index contributed by atoms with van der Waals surface area (Å²) in [5.41, 5.74) is 7.72. The van der Waals surface area contributed by atoms with Gasteiger partial charge in [-0.25, -0.2) is 13.1 Å². The van der Waals surface area contributed by atoms with Crippen LogP contribution in [-0.2, 0) is 23.0 Å². The highest BCUT2D eigenvalue weighted by Crippen LogP contribution is 2.19. The molecule has 1 atom stereocenters. The molecule has 1 rings (SSSR count). The van der Waals surface area contributed by atoms with E-state index in [9.17, 15) is 8.42 Å². The van der Waals surface area contributed by atoms with Crippen LogP contribution in [0.2, 0.25) is 0 Å². The first-order chi connectivity index (χ1) is 9.89. The Morgan fingerprint density at radius 1 is 1.14 bits per heavy atom. The zero-order chi connectivity index (χ0) is 16.0. The Bertz CT molecular complexity index is 551. The molecule has 0 fully saturated rings. The van der Waals surface area contributed by atoms with Crippen LogP contribution >= 0.6 is 0 Å². The molecule has 1 aromatic rings. The topological polar surface area (TPSA) is 72.2 Å². The number of rotatable bonds is 8. The van der Waals surface area contributed by atoms with Crippen LogP contribution in [0.25, 0.3) is 0 Å². The SMILES string of the molecule is CCc1ccc(S(=O)(=O)NC(C)C(CC)CC)cc1CN. The molecular formula is C16H28N2O2S. The van der Waals surface area contributed by atoms with E-state index in [0.29, 0.717) is 17.4 Å². The molecule has 0 amide bonds. The second-order valence-electron chi connectivity index (χ2n) is 5.47.